The van der Waals surface area contributed by atoms with Crippen LogP contribution in [-0.4, -0.2) is 15.0 Å². The number of halogens is 3. The van der Waals surface area contributed by atoms with E-state index in [1.807, 2.05) is 48.5 Å². The highest BCUT2D eigenvalue weighted by molar-refractivity contribution is 7.88. The van der Waals surface area contributed by atoms with Gasteiger partial charge in [-0.05, 0) is 41.0 Å². The Morgan fingerprint density at radius 1 is 0.795 bits per heavy atom. The van der Waals surface area contributed by atoms with Gasteiger partial charge in [0.2, 0.25) is 10.0 Å². The van der Waals surface area contributed by atoms with E-state index < -0.39 is 10.0 Å². The molecule has 0 heterocycles. The number of rotatable bonds is 9. The SMILES string of the molecule is C.O=S(=O)(Cc1cccc(Cl)c1Cl)NCCC#Cc1cc(Cl)ccc1NC(c1ccccc1)c1ccccc1. The second-order valence-corrected chi connectivity index (χ2v) is 11.5. The summed E-state index contributed by atoms with van der Waals surface area (Å²) in [5.41, 5.74) is 4.22. The van der Waals surface area contributed by atoms with Crippen molar-refractivity contribution in [1.82, 2.24) is 4.72 Å². The summed E-state index contributed by atoms with van der Waals surface area (Å²) in [4.78, 5) is 0. The summed E-state index contributed by atoms with van der Waals surface area (Å²) in [5, 5.41) is 4.74. The molecule has 0 amide bonds. The van der Waals surface area contributed by atoms with E-state index in [0.717, 1.165) is 22.4 Å². The zero-order chi connectivity index (χ0) is 27.0. The highest BCUT2D eigenvalue weighted by atomic mass is 35.5. The lowest BCUT2D eigenvalue weighted by atomic mass is 9.98. The largest absolute Gasteiger partial charge is 0.373 e. The average molecular weight is 600 g/mol. The highest BCUT2D eigenvalue weighted by Crippen LogP contribution is 2.30. The van der Waals surface area contributed by atoms with Gasteiger partial charge in [-0.2, -0.15) is 0 Å². The molecule has 4 aromatic rings. The van der Waals surface area contributed by atoms with Crippen LogP contribution in [0.4, 0.5) is 5.69 Å². The van der Waals surface area contributed by atoms with Gasteiger partial charge in [0.15, 0.2) is 0 Å². The zero-order valence-corrected chi connectivity index (χ0v) is 23.4. The van der Waals surface area contributed by atoms with E-state index in [1.165, 1.54) is 0 Å². The van der Waals surface area contributed by atoms with E-state index in [4.69, 9.17) is 34.8 Å². The van der Waals surface area contributed by atoms with E-state index >= 15 is 0 Å². The van der Waals surface area contributed by atoms with Crippen LogP contribution < -0.4 is 10.0 Å². The fraction of sp³-hybridized carbons (Fsp3) is 0.161. The molecule has 0 unspecified atom stereocenters. The van der Waals surface area contributed by atoms with Crippen molar-refractivity contribution in [2.24, 2.45) is 0 Å². The van der Waals surface area contributed by atoms with Crippen LogP contribution in [0.3, 0.4) is 0 Å². The number of benzene rings is 4. The lowest BCUT2D eigenvalue weighted by molar-refractivity contribution is 0.581. The second-order valence-electron chi connectivity index (χ2n) is 8.51. The Morgan fingerprint density at radius 3 is 2.08 bits per heavy atom. The maximum Gasteiger partial charge on any atom is 0.215 e. The zero-order valence-electron chi connectivity index (χ0n) is 20.3. The van der Waals surface area contributed by atoms with Crippen LogP contribution in [0.15, 0.2) is 97.1 Å². The molecular weight excluding hydrogens is 571 g/mol. The Morgan fingerprint density at radius 2 is 1.44 bits per heavy atom. The summed E-state index contributed by atoms with van der Waals surface area (Å²) >= 11 is 18.4. The van der Waals surface area contributed by atoms with Crippen molar-refractivity contribution in [3.63, 3.8) is 0 Å². The van der Waals surface area contributed by atoms with Crippen molar-refractivity contribution >= 4 is 50.5 Å². The van der Waals surface area contributed by atoms with Crippen LogP contribution in [0.5, 0.6) is 0 Å². The molecule has 0 spiro atoms. The third-order valence-electron chi connectivity index (χ3n) is 5.72. The van der Waals surface area contributed by atoms with Gasteiger partial charge in [0.25, 0.3) is 0 Å². The average Bonchev–Trinajstić information content (AvgIpc) is 2.91. The van der Waals surface area contributed by atoms with Gasteiger partial charge in [-0.15, -0.1) is 0 Å². The van der Waals surface area contributed by atoms with Gasteiger partial charge in [0, 0.05) is 23.6 Å². The molecule has 8 heteroatoms. The molecule has 2 N–H and O–H groups in total. The van der Waals surface area contributed by atoms with Gasteiger partial charge < -0.3 is 5.32 Å². The normalized spacial score (nSPS) is 10.9. The predicted octanol–water partition coefficient (Wildman–Crippen LogP) is 8.35. The number of anilines is 1. The van der Waals surface area contributed by atoms with Crippen molar-refractivity contribution < 1.29 is 8.42 Å². The summed E-state index contributed by atoms with van der Waals surface area (Å²) in [7, 11) is -3.61. The lowest BCUT2D eigenvalue weighted by Crippen LogP contribution is -2.26. The molecule has 4 rings (SSSR count). The van der Waals surface area contributed by atoms with Crippen molar-refractivity contribution in [3.8, 4) is 11.8 Å². The smallest absolute Gasteiger partial charge is 0.215 e. The molecule has 0 fully saturated rings. The van der Waals surface area contributed by atoms with Crippen LogP contribution in [-0.2, 0) is 15.8 Å². The maximum absolute atomic E-state index is 12.5. The second kappa shape index (κ2) is 14.4. The van der Waals surface area contributed by atoms with Gasteiger partial charge in [-0.25, -0.2) is 13.1 Å². The quantitative estimate of drug-likeness (QED) is 0.150. The van der Waals surface area contributed by atoms with E-state index in [-0.39, 0.29) is 30.8 Å². The molecule has 0 radical (unpaired) electrons. The van der Waals surface area contributed by atoms with Gasteiger partial charge >= 0.3 is 0 Å². The van der Waals surface area contributed by atoms with Crippen LogP contribution >= 0.6 is 34.8 Å². The minimum Gasteiger partial charge on any atom is -0.373 e. The van der Waals surface area contributed by atoms with Crippen LogP contribution in [0, 0.1) is 11.8 Å². The first kappa shape index (κ1) is 30.6. The van der Waals surface area contributed by atoms with Gasteiger partial charge in [0.1, 0.15) is 0 Å². The highest BCUT2D eigenvalue weighted by Gasteiger charge is 2.16. The van der Waals surface area contributed by atoms with Crippen molar-refractivity contribution in [2.75, 3.05) is 11.9 Å². The van der Waals surface area contributed by atoms with Crippen molar-refractivity contribution in [3.05, 3.63) is 134 Å². The Bertz CT molecular complexity index is 1510. The molecule has 0 aliphatic rings. The summed E-state index contributed by atoms with van der Waals surface area (Å²) in [6.45, 7) is 0.160. The Labute approximate surface area is 246 Å². The third kappa shape index (κ3) is 8.76. The minimum atomic E-state index is -3.61. The van der Waals surface area contributed by atoms with Gasteiger partial charge in [0.05, 0.1) is 27.5 Å². The van der Waals surface area contributed by atoms with Crippen LogP contribution in [0.2, 0.25) is 15.1 Å². The van der Waals surface area contributed by atoms with E-state index in [0.29, 0.717) is 22.0 Å². The van der Waals surface area contributed by atoms with E-state index in [1.54, 1.807) is 24.3 Å². The fourth-order valence-corrected chi connectivity index (χ4v) is 5.70. The molecule has 0 bridgehead atoms. The molecule has 0 saturated heterocycles. The van der Waals surface area contributed by atoms with Crippen molar-refractivity contribution in [2.45, 2.75) is 25.6 Å². The predicted molar refractivity (Wildman–Crippen MR) is 165 cm³/mol. The Balaban J connectivity index is 0.00000420. The third-order valence-corrected chi connectivity index (χ3v) is 8.15. The fourth-order valence-electron chi connectivity index (χ4n) is 3.89. The molecular formula is C31H29Cl3N2O2S. The molecule has 0 atom stereocenters. The molecule has 39 heavy (non-hydrogen) atoms. The Kier molecular flexibility index (Phi) is 11.3. The standard InChI is InChI=1S/C30H25Cl3N2O2S.CH4/c31-26-17-18-28(35-30(22-10-3-1-4-11-22)23-12-5-2-6-13-23)24(20-26)14-7-8-19-34-38(36,37)21-25-15-9-16-27(32)29(25)33;/h1-6,9-13,15-18,20,30,34-35H,8,19,21H2;1H4. The number of hydrogen-bond acceptors (Lipinski definition) is 3. The number of sulfonamides is 1. The topological polar surface area (TPSA) is 58.2 Å². The van der Waals surface area contributed by atoms with E-state index in [9.17, 15) is 8.42 Å². The number of nitrogens with one attached hydrogen (secondary N) is 2. The maximum atomic E-state index is 12.5. The monoisotopic (exact) mass is 598 g/mol. The molecule has 0 aliphatic carbocycles. The summed E-state index contributed by atoms with van der Waals surface area (Å²) in [5.74, 6) is 5.94. The first-order chi connectivity index (χ1) is 18.3. The van der Waals surface area contributed by atoms with E-state index in [2.05, 4.69) is 46.1 Å². The first-order valence-electron chi connectivity index (χ1n) is 11.9. The summed E-state index contributed by atoms with van der Waals surface area (Å²) < 4.78 is 27.6. The lowest BCUT2D eigenvalue weighted by Gasteiger charge is -2.22. The van der Waals surface area contributed by atoms with Crippen LogP contribution in [0.25, 0.3) is 0 Å². The number of hydrogen-bond donors (Lipinski definition) is 2. The Hall–Kier alpha value is -2.98. The molecule has 202 valence electrons. The summed E-state index contributed by atoms with van der Waals surface area (Å²) in [6.07, 6.45) is 0.315. The van der Waals surface area contributed by atoms with Gasteiger partial charge in [-0.1, -0.05) is 127 Å². The molecule has 0 aliphatic heterocycles. The minimum absolute atomic E-state index is 0. The van der Waals surface area contributed by atoms with Crippen LogP contribution in [0.1, 0.15) is 42.1 Å². The summed E-state index contributed by atoms with van der Waals surface area (Å²) in [6, 6.07) is 30.7. The molecule has 0 aromatic heterocycles. The first-order valence-corrected chi connectivity index (χ1v) is 14.7. The molecule has 4 aromatic carbocycles. The van der Waals surface area contributed by atoms with Gasteiger partial charge in [-0.3, -0.25) is 0 Å². The molecule has 4 nitrogen and oxygen atoms in total. The molecule has 0 saturated carbocycles. The van der Waals surface area contributed by atoms with Crippen molar-refractivity contribution in [1.29, 1.82) is 0 Å².